The lowest BCUT2D eigenvalue weighted by molar-refractivity contribution is -0.163. The first-order valence-electron chi connectivity index (χ1n) is 9.27. The molecule has 0 spiro atoms. The molecule has 2 unspecified atom stereocenters. The highest BCUT2D eigenvalue weighted by molar-refractivity contribution is 5.87. The van der Waals surface area contributed by atoms with Gasteiger partial charge >= 0.3 is 5.97 Å². The molecule has 3 nitrogen and oxygen atoms in total. The van der Waals surface area contributed by atoms with Crippen LogP contribution in [0.4, 0.5) is 0 Å². The molecule has 1 saturated carbocycles. The normalized spacial score (nSPS) is 26.9. The summed E-state index contributed by atoms with van der Waals surface area (Å²) in [5.74, 6) is 0.460. The van der Waals surface area contributed by atoms with Gasteiger partial charge in [-0.1, -0.05) is 33.3 Å². The van der Waals surface area contributed by atoms with E-state index in [-0.39, 0.29) is 5.97 Å². The summed E-state index contributed by atoms with van der Waals surface area (Å²) in [6.07, 6.45) is 7.81. The summed E-state index contributed by atoms with van der Waals surface area (Å²) in [5.41, 5.74) is -0.506. The summed E-state index contributed by atoms with van der Waals surface area (Å²) in [6, 6.07) is 0. The zero-order chi connectivity index (χ0) is 17.7. The molecule has 1 fully saturated rings. The van der Waals surface area contributed by atoms with Crippen molar-refractivity contribution in [2.75, 3.05) is 0 Å². The van der Waals surface area contributed by atoms with Crippen LogP contribution in [0.25, 0.3) is 0 Å². The van der Waals surface area contributed by atoms with Crippen LogP contribution in [0, 0.1) is 11.8 Å². The fourth-order valence-electron chi connectivity index (χ4n) is 4.17. The highest BCUT2D eigenvalue weighted by Gasteiger charge is 2.42. The Labute approximate surface area is 142 Å². The molecule has 0 amide bonds. The van der Waals surface area contributed by atoms with E-state index in [1.807, 2.05) is 6.92 Å². The van der Waals surface area contributed by atoms with E-state index in [1.165, 1.54) is 0 Å². The van der Waals surface area contributed by atoms with Crippen LogP contribution < -0.4 is 0 Å². The second kappa shape index (κ2) is 8.32. The predicted octanol–water partition coefficient (Wildman–Crippen LogP) is 5.02. The molecule has 1 aliphatic carbocycles. The third kappa shape index (κ3) is 5.34. The fraction of sp³-hybridized carbons (Fsp3) is 0.850. The number of carbonyl (C=O) groups is 1. The van der Waals surface area contributed by atoms with E-state index in [0.717, 1.165) is 51.4 Å². The molecule has 134 valence electrons. The van der Waals surface area contributed by atoms with E-state index in [9.17, 15) is 9.90 Å². The number of ether oxygens (including phenoxy) is 1. The van der Waals surface area contributed by atoms with Gasteiger partial charge in [-0.05, 0) is 71.1 Å². The van der Waals surface area contributed by atoms with E-state index in [2.05, 4.69) is 27.4 Å². The summed E-state index contributed by atoms with van der Waals surface area (Å²) >= 11 is 0. The minimum Gasteiger partial charge on any atom is -0.456 e. The van der Waals surface area contributed by atoms with Crippen LogP contribution in [-0.4, -0.2) is 22.3 Å². The molecule has 0 aromatic rings. The largest absolute Gasteiger partial charge is 0.456 e. The summed E-state index contributed by atoms with van der Waals surface area (Å²) < 4.78 is 5.85. The first-order chi connectivity index (χ1) is 10.7. The standard InChI is InChI=1S/C20H36O3/c1-7-13-19(5,22)16-9-11-17(12-10-16)20(6,14-8-2)23-18(21)15(3)4/h16-17,22H,3,7-14H2,1-2,4-6H3. The van der Waals surface area contributed by atoms with Crippen molar-refractivity contribution in [3.8, 4) is 0 Å². The van der Waals surface area contributed by atoms with Crippen molar-refractivity contribution >= 4 is 5.97 Å². The maximum absolute atomic E-state index is 12.0. The first kappa shape index (κ1) is 20.2. The smallest absolute Gasteiger partial charge is 0.333 e. The van der Waals surface area contributed by atoms with E-state index in [0.29, 0.717) is 17.4 Å². The highest BCUT2D eigenvalue weighted by atomic mass is 16.6. The topological polar surface area (TPSA) is 46.5 Å². The van der Waals surface area contributed by atoms with Crippen LogP contribution in [0.2, 0.25) is 0 Å². The molecule has 0 aliphatic heterocycles. The molecular weight excluding hydrogens is 288 g/mol. The van der Waals surface area contributed by atoms with Gasteiger partial charge in [-0.15, -0.1) is 0 Å². The summed E-state index contributed by atoms with van der Waals surface area (Å²) in [4.78, 5) is 12.0. The first-order valence-corrected chi connectivity index (χ1v) is 9.27. The van der Waals surface area contributed by atoms with Gasteiger partial charge in [-0.2, -0.15) is 0 Å². The second-order valence-corrected chi connectivity index (χ2v) is 7.89. The van der Waals surface area contributed by atoms with Gasteiger partial charge in [0.25, 0.3) is 0 Å². The second-order valence-electron chi connectivity index (χ2n) is 7.89. The zero-order valence-electron chi connectivity index (χ0n) is 15.8. The van der Waals surface area contributed by atoms with Crippen LogP contribution in [0.3, 0.4) is 0 Å². The lowest BCUT2D eigenvalue weighted by atomic mass is 9.68. The fourth-order valence-corrected chi connectivity index (χ4v) is 4.17. The minimum atomic E-state index is -0.560. The number of rotatable bonds is 8. The molecule has 0 radical (unpaired) electrons. The van der Waals surface area contributed by atoms with Crippen molar-refractivity contribution < 1.29 is 14.6 Å². The Morgan fingerprint density at radius 1 is 1.09 bits per heavy atom. The third-order valence-electron chi connectivity index (χ3n) is 5.65. The average molecular weight is 325 g/mol. The van der Waals surface area contributed by atoms with E-state index in [1.54, 1.807) is 6.92 Å². The van der Waals surface area contributed by atoms with Gasteiger partial charge in [-0.3, -0.25) is 0 Å². The average Bonchev–Trinajstić information content (AvgIpc) is 2.47. The molecule has 0 saturated heterocycles. The van der Waals surface area contributed by atoms with Gasteiger partial charge < -0.3 is 9.84 Å². The summed E-state index contributed by atoms with van der Waals surface area (Å²) in [5, 5.41) is 10.7. The van der Waals surface area contributed by atoms with Crippen molar-refractivity contribution in [2.24, 2.45) is 11.8 Å². The highest BCUT2D eigenvalue weighted by Crippen LogP contribution is 2.44. The molecule has 1 rings (SSSR count). The van der Waals surface area contributed by atoms with Crippen molar-refractivity contribution in [1.82, 2.24) is 0 Å². The summed E-state index contributed by atoms with van der Waals surface area (Å²) in [7, 11) is 0. The van der Waals surface area contributed by atoms with E-state index >= 15 is 0 Å². The number of esters is 1. The van der Waals surface area contributed by atoms with E-state index in [4.69, 9.17) is 4.74 Å². The third-order valence-corrected chi connectivity index (χ3v) is 5.65. The van der Waals surface area contributed by atoms with Crippen LogP contribution >= 0.6 is 0 Å². The van der Waals surface area contributed by atoms with Crippen molar-refractivity contribution in [3.05, 3.63) is 12.2 Å². The zero-order valence-corrected chi connectivity index (χ0v) is 15.8. The van der Waals surface area contributed by atoms with E-state index < -0.39 is 11.2 Å². The molecule has 1 N–H and O–H groups in total. The quantitative estimate of drug-likeness (QED) is 0.503. The van der Waals surface area contributed by atoms with Crippen molar-refractivity contribution in [2.45, 2.75) is 97.2 Å². The molecule has 3 heteroatoms. The van der Waals surface area contributed by atoms with Crippen LogP contribution in [0.1, 0.15) is 86.0 Å². The SMILES string of the molecule is C=C(C)C(=O)OC(C)(CCC)C1CCC(C(C)(O)CCC)CC1. The Morgan fingerprint density at radius 2 is 1.57 bits per heavy atom. The Balaban J connectivity index is 2.74. The molecule has 1 aliphatic rings. The summed E-state index contributed by atoms with van der Waals surface area (Å²) in [6.45, 7) is 13.7. The van der Waals surface area contributed by atoms with Crippen molar-refractivity contribution in [3.63, 3.8) is 0 Å². The molecule has 0 aromatic heterocycles. The van der Waals surface area contributed by atoms with Gasteiger partial charge in [0, 0.05) is 5.57 Å². The lowest BCUT2D eigenvalue weighted by Crippen LogP contribution is -2.44. The minimum absolute atomic E-state index is 0.277. The van der Waals surface area contributed by atoms with Gasteiger partial charge in [-0.25, -0.2) is 4.79 Å². The monoisotopic (exact) mass is 324 g/mol. The number of carbonyl (C=O) groups excluding carboxylic acids is 1. The predicted molar refractivity (Wildman–Crippen MR) is 95.2 cm³/mol. The maximum atomic E-state index is 12.0. The molecular formula is C20H36O3. The number of aliphatic hydroxyl groups is 1. The Kier molecular flexibility index (Phi) is 7.31. The number of hydrogen-bond donors (Lipinski definition) is 1. The Morgan fingerprint density at radius 3 is 2.00 bits per heavy atom. The van der Waals surface area contributed by atoms with Crippen LogP contribution in [-0.2, 0) is 9.53 Å². The van der Waals surface area contributed by atoms with Crippen molar-refractivity contribution in [1.29, 1.82) is 0 Å². The van der Waals surface area contributed by atoms with Gasteiger partial charge in [0.2, 0.25) is 0 Å². The molecule has 0 bridgehead atoms. The molecule has 23 heavy (non-hydrogen) atoms. The van der Waals surface area contributed by atoms with Gasteiger partial charge in [0.15, 0.2) is 0 Å². The van der Waals surface area contributed by atoms with Gasteiger partial charge in [0.1, 0.15) is 5.60 Å². The molecule has 0 aromatic carbocycles. The molecule has 0 heterocycles. The maximum Gasteiger partial charge on any atom is 0.333 e. The number of hydrogen-bond acceptors (Lipinski definition) is 3. The lowest BCUT2D eigenvalue weighted by Gasteiger charge is -2.44. The van der Waals surface area contributed by atoms with Crippen LogP contribution in [0.5, 0.6) is 0 Å². The Bertz CT molecular complexity index is 405. The van der Waals surface area contributed by atoms with Gasteiger partial charge in [0.05, 0.1) is 5.60 Å². The molecule has 2 atom stereocenters. The Hall–Kier alpha value is -0.830. The van der Waals surface area contributed by atoms with Crippen LogP contribution in [0.15, 0.2) is 12.2 Å².